The number of aryl methyl sites for hydroxylation is 1. The Hall–Kier alpha value is -1.49. The number of benzene rings is 1. The summed E-state index contributed by atoms with van der Waals surface area (Å²) in [7, 11) is 3.61. The number of halogens is 1. The average Bonchev–Trinajstić information content (AvgIpc) is 2.77. The summed E-state index contributed by atoms with van der Waals surface area (Å²) in [4.78, 5) is 0. The van der Waals surface area contributed by atoms with E-state index in [1.165, 1.54) is 0 Å². The van der Waals surface area contributed by atoms with Crippen LogP contribution >= 0.6 is 0 Å². The van der Waals surface area contributed by atoms with Crippen LogP contribution < -0.4 is 35.8 Å². The number of nitrogens with zero attached hydrogens (tertiary/aromatic N) is 1. The van der Waals surface area contributed by atoms with Gasteiger partial charge in [-0.1, -0.05) is 0 Å². The zero-order chi connectivity index (χ0) is 11.1. The SMILES string of the molecule is COc1cc2cc[n+](C)cc2c2c1OCO2.[Br-]. The monoisotopic (exact) mass is 297 g/mol. The van der Waals surface area contributed by atoms with Crippen LogP contribution in [0, 0.1) is 0 Å². The van der Waals surface area contributed by atoms with Crippen molar-refractivity contribution in [3.8, 4) is 17.2 Å². The molecule has 5 heteroatoms. The van der Waals surface area contributed by atoms with Crippen LogP contribution in [0.5, 0.6) is 17.2 Å². The van der Waals surface area contributed by atoms with Gasteiger partial charge in [0.1, 0.15) is 7.05 Å². The molecule has 3 rings (SSSR count). The van der Waals surface area contributed by atoms with E-state index in [1.54, 1.807) is 7.11 Å². The number of hydrogen-bond donors (Lipinski definition) is 0. The van der Waals surface area contributed by atoms with Gasteiger partial charge in [-0.25, -0.2) is 4.57 Å². The van der Waals surface area contributed by atoms with Gasteiger partial charge in [0.05, 0.1) is 12.5 Å². The minimum absolute atomic E-state index is 0. The van der Waals surface area contributed by atoms with E-state index in [-0.39, 0.29) is 23.8 Å². The molecule has 1 aliphatic rings. The molecule has 0 spiro atoms. The van der Waals surface area contributed by atoms with E-state index in [9.17, 15) is 0 Å². The van der Waals surface area contributed by atoms with Crippen molar-refractivity contribution in [1.29, 1.82) is 0 Å². The lowest BCUT2D eigenvalue weighted by Crippen LogP contribution is -3.00. The van der Waals surface area contributed by atoms with Gasteiger partial charge in [-0.15, -0.1) is 0 Å². The Morgan fingerprint density at radius 3 is 2.82 bits per heavy atom. The summed E-state index contributed by atoms with van der Waals surface area (Å²) in [5.74, 6) is 2.18. The molecule has 0 aliphatic carbocycles. The molecule has 0 saturated carbocycles. The lowest BCUT2D eigenvalue weighted by atomic mass is 10.1. The highest BCUT2D eigenvalue weighted by Gasteiger charge is 2.23. The number of ether oxygens (including phenoxy) is 3. The summed E-state index contributed by atoms with van der Waals surface area (Å²) in [5, 5.41) is 2.12. The molecule has 0 saturated heterocycles. The first-order valence-electron chi connectivity index (χ1n) is 5.05. The third-order valence-electron chi connectivity index (χ3n) is 2.72. The summed E-state index contributed by atoms with van der Waals surface area (Å²) >= 11 is 0. The molecule has 0 unspecified atom stereocenters. The minimum atomic E-state index is 0. The van der Waals surface area contributed by atoms with E-state index in [4.69, 9.17) is 14.2 Å². The smallest absolute Gasteiger partial charge is 0.231 e. The first-order chi connectivity index (χ1) is 7.79. The van der Waals surface area contributed by atoms with Crippen molar-refractivity contribution in [2.45, 2.75) is 0 Å². The van der Waals surface area contributed by atoms with Gasteiger partial charge in [-0.05, 0) is 6.07 Å². The molecular formula is C12H12BrNO3. The summed E-state index contributed by atoms with van der Waals surface area (Å²) in [5.41, 5.74) is 0. The van der Waals surface area contributed by atoms with Crippen LogP contribution in [0.2, 0.25) is 0 Å². The number of pyridine rings is 1. The third-order valence-corrected chi connectivity index (χ3v) is 2.72. The number of rotatable bonds is 1. The van der Waals surface area contributed by atoms with Gasteiger partial charge < -0.3 is 31.2 Å². The quantitative estimate of drug-likeness (QED) is 0.595. The number of fused-ring (bicyclic) bond motifs is 3. The third kappa shape index (κ3) is 1.80. The molecular weight excluding hydrogens is 286 g/mol. The fraction of sp³-hybridized carbons (Fsp3) is 0.250. The lowest BCUT2D eigenvalue weighted by molar-refractivity contribution is -0.670. The average molecular weight is 298 g/mol. The van der Waals surface area contributed by atoms with Crippen LogP contribution in [0.3, 0.4) is 0 Å². The van der Waals surface area contributed by atoms with Crippen LogP contribution in [0.25, 0.3) is 10.8 Å². The van der Waals surface area contributed by atoms with E-state index in [2.05, 4.69) is 0 Å². The molecule has 1 aromatic carbocycles. The first kappa shape index (κ1) is 12.0. The normalized spacial score (nSPS) is 12.4. The van der Waals surface area contributed by atoms with E-state index in [0.717, 1.165) is 16.5 Å². The molecule has 1 aromatic heterocycles. The molecule has 1 aliphatic heterocycles. The highest BCUT2D eigenvalue weighted by atomic mass is 79.9. The van der Waals surface area contributed by atoms with E-state index < -0.39 is 0 Å². The summed E-state index contributed by atoms with van der Waals surface area (Å²) in [6.07, 6.45) is 4.01. The fourth-order valence-electron chi connectivity index (χ4n) is 1.94. The first-order valence-corrected chi connectivity index (χ1v) is 5.05. The zero-order valence-corrected chi connectivity index (χ0v) is 11.2. The summed E-state index contributed by atoms with van der Waals surface area (Å²) in [6.45, 7) is 0.253. The topological polar surface area (TPSA) is 31.6 Å². The standard InChI is InChI=1S/C12H12NO3.BrH/c1-13-4-3-8-5-10(14-2)12-11(9(8)6-13)15-7-16-12;/h3-6H,7H2,1-2H3;1H/q+1;/p-1. The molecule has 0 atom stereocenters. The van der Waals surface area contributed by atoms with Gasteiger partial charge in [-0.2, -0.15) is 0 Å². The van der Waals surface area contributed by atoms with Gasteiger partial charge in [-0.3, -0.25) is 0 Å². The predicted octanol–water partition coefficient (Wildman–Crippen LogP) is -1.59. The zero-order valence-electron chi connectivity index (χ0n) is 9.57. The van der Waals surface area contributed by atoms with Crippen molar-refractivity contribution < 1.29 is 35.8 Å². The van der Waals surface area contributed by atoms with Gasteiger partial charge in [0.2, 0.25) is 12.5 Å². The van der Waals surface area contributed by atoms with Crippen molar-refractivity contribution in [1.82, 2.24) is 0 Å². The number of methoxy groups -OCH3 is 1. The van der Waals surface area contributed by atoms with E-state index in [1.807, 2.05) is 36.1 Å². The second-order valence-corrected chi connectivity index (χ2v) is 3.76. The summed E-state index contributed by atoms with van der Waals surface area (Å²) < 4.78 is 18.2. The second-order valence-electron chi connectivity index (χ2n) is 3.76. The highest BCUT2D eigenvalue weighted by molar-refractivity contribution is 5.92. The Balaban J connectivity index is 0.00000108. The van der Waals surface area contributed by atoms with Crippen LogP contribution in [0.15, 0.2) is 24.5 Å². The molecule has 0 fully saturated rings. The van der Waals surface area contributed by atoms with Crippen molar-refractivity contribution >= 4 is 10.8 Å². The maximum atomic E-state index is 5.49. The van der Waals surface area contributed by atoms with E-state index in [0.29, 0.717) is 11.5 Å². The van der Waals surface area contributed by atoms with Gasteiger partial charge >= 0.3 is 0 Å². The molecule has 2 heterocycles. The molecule has 0 radical (unpaired) electrons. The number of aromatic nitrogens is 1. The van der Waals surface area contributed by atoms with Gasteiger partial charge in [0.25, 0.3) is 0 Å². The molecule has 4 nitrogen and oxygen atoms in total. The second kappa shape index (κ2) is 4.41. The van der Waals surface area contributed by atoms with Crippen molar-refractivity contribution in [3.05, 3.63) is 24.5 Å². The molecule has 0 amide bonds. The van der Waals surface area contributed by atoms with Gasteiger partial charge in [0, 0.05) is 11.5 Å². The van der Waals surface area contributed by atoms with Crippen molar-refractivity contribution in [2.75, 3.05) is 13.9 Å². The van der Waals surface area contributed by atoms with Crippen LogP contribution in [-0.4, -0.2) is 13.9 Å². The molecule has 0 bridgehead atoms. The predicted molar refractivity (Wildman–Crippen MR) is 57.8 cm³/mol. The Labute approximate surface area is 109 Å². The Morgan fingerprint density at radius 1 is 1.29 bits per heavy atom. The Bertz CT molecular complexity index is 571. The maximum Gasteiger partial charge on any atom is 0.231 e. The van der Waals surface area contributed by atoms with Crippen LogP contribution in [0.4, 0.5) is 0 Å². The highest BCUT2D eigenvalue weighted by Crippen LogP contribution is 2.45. The molecule has 90 valence electrons. The Morgan fingerprint density at radius 2 is 2.06 bits per heavy atom. The van der Waals surface area contributed by atoms with Crippen LogP contribution in [0.1, 0.15) is 0 Å². The fourth-order valence-corrected chi connectivity index (χ4v) is 1.94. The van der Waals surface area contributed by atoms with Crippen molar-refractivity contribution in [2.24, 2.45) is 7.05 Å². The largest absolute Gasteiger partial charge is 1.00 e. The van der Waals surface area contributed by atoms with Crippen molar-refractivity contribution in [3.63, 3.8) is 0 Å². The number of hydrogen-bond acceptors (Lipinski definition) is 3. The Kier molecular flexibility index (Phi) is 3.11. The lowest BCUT2D eigenvalue weighted by Gasteiger charge is -2.06. The molecule has 17 heavy (non-hydrogen) atoms. The van der Waals surface area contributed by atoms with E-state index >= 15 is 0 Å². The maximum absolute atomic E-state index is 5.49. The van der Waals surface area contributed by atoms with Gasteiger partial charge in [0.15, 0.2) is 23.9 Å². The van der Waals surface area contributed by atoms with Crippen LogP contribution in [-0.2, 0) is 7.05 Å². The molecule has 2 aromatic rings. The minimum Gasteiger partial charge on any atom is -1.00 e. The molecule has 0 N–H and O–H groups in total. The summed E-state index contributed by atoms with van der Waals surface area (Å²) in [6, 6.07) is 3.99.